The molecule has 1 rings (SSSR count). The molecular weight excluding hydrogens is 406 g/mol. The monoisotopic (exact) mass is 439 g/mol. The third-order valence-electron chi connectivity index (χ3n) is 3.96. The SMILES string of the molecule is CC(=O)CCC(NC(=O)OC(C)(C)C)(C(=O)OC(C)(C)C)c1c(OC(C)C)c(=O)c1=O. The Morgan fingerprint density at radius 1 is 0.903 bits per heavy atom. The van der Waals surface area contributed by atoms with E-state index in [4.69, 9.17) is 14.2 Å². The summed E-state index contributed by atoms with van der Waals surface area (Å²) in [6.45, 7) is 14.3. The van der Waals surface area contributed by atoms with Crippen LogP contribution in [0.15, 0.2) is 9.59 Å². The first kappa shape index (κ1) is 26.3. The van der Waals surface area contributed by atoms with E-state index in [9.17, 15) is 24.0 Å². The maximum absolute atomic E-state index is 13.4. The maximum Gasteiger partial charge on any atom is 0.408 e. The van der Waals surface area contributed by atoms with Crippen molar-refractivity contribution in [3.63, 3.8) is 0 Å². The van der Waals surface area contributed by atoms with E-state index in [2.05, 4.69) is 5.32 Å². The van der Waals surface area contributed by atoms with Gasteiger partial charge in [-0.15, -0.1) is 0 Å². The molecule has 0 spiro atoms. The summed E-state index contributed by atoms with van der Waals surface area (Å²) >= 11 is 0. The Balaban J connectivity index is 3.70. The molecule has 0 aliphatic rings. The molecule has 1 amide bonds. The lowest BCUT2D eigenvalue weighted by Gasteiger charge is -2.37. The molecule has 1 N–H and O–H groups in total. The van der Waals surface area contributed by atoms with E-state index in [1.807, 2.05) is 0 Å². The average Bonchev–Trinajstić information content (AvgIpc) is 2.54. The number of esters is 1. The van der Waals surface area contributed by atoms with Crippen LogP contribution < -0.4 is 20.9 Å². The number of Topliss-reactive ketones (excluding diaryl/α,β-unsaturated/α-hetero) is 1. The zero-order valence-corrected chi connectivity index (χ0v) is 19.8. The van der Waals surface area contributed by atoms with E-state index >= 15 is 0 Å². The minimum absolute atomic E-state index is 0.172. The molecule has 31 heavy (non-hydrogen) atoms. The molecule has 1 atom stereocenters. The lowest BCUT2D eigenvalue weighted by atomic mass is 9.81. The first-order chi connectivity index (χ1) is 13.9. The van der Waals surface area contributed by atoms with Crippen LogP contribution in [-0.2, 0) is 24.6 Å². The standard InChI is InChI=1S/C22H33NO8/c1-12(2)29-17-14(15(25)16(17)26)22(11-10-13(3)24,18(27)30-20(4,5)6)23-19(28)31-21(7,8)9/h12H,10-11H2,1-9H3,(H,23,28). The predicted octanol–water partition coefficient (Wildman–Crippen LogP) is 2.50. The number of ether oxygens (including phenoxy) is 3. The van der Waals surface area contributed by atoms with Crippen molar-refractivity contribution in [2.45, 2.75) is 98.0 Å². The molecule has 1 aromatic rings. The molecule has 174 valence electrons. The molecule has 0 heterocycles. The smallest absolute Gasteiger partial charge is 0.408 e. The number of alkyl carbamates (subject to hydrolysis) is 1. The number of carbonyl (C=O) groups is 3. The van der Waals surface area contributed by atoms with Crippen LogP contribution in [0.5, 0.6) is 5.75 Å². The number of amides is 1. The minimum Gasteiger partial charge on any atom is -0.486 e. The van der Waals surface area contributed by atoms with Gasteiger partial charge in [-0.25, -0.2) is 9.59 Å². The lowest BCUT2D eigenvalue weighted by molar-refractivity contribution is -0.164. The van der Waals surface area contributed by atoms with Crippen molar-refractivity contribution in [3.8, 4) is 5.75 Å². The van der Waals surface area contributed by atoms with E-state index in [1.54, 1.807) is 55.4 Å². The molecule has 0 aromatic heterocycles. The normalized spacial score (nSPS) is 14.1. The topological polar surface area (TPSA) is 125 Å². The molecule has 9 heteroatoms. The van der Waals surface area contributed by atoms with E-state index in [-0.39, 0.29) is 29.9 Å². The summed E-state index contributed by atoms with van der Waals surface area (Å²) in [5.41, 5.74) is -6.25. The summed E-state index contributed by atoms with van der Waals surface area (Å²) < 4.78 is 16.2. The Hall–Kier alpha value is -2.71. The lowest BCUT2D eigenvalue weighted by Crippen LogP contribution is -2.60. The minimum atomic E-state index is -2.13. The molecular formula is C22H33NO8. The van der Waals surface area contributed by atoms with E-state index < -0.39 is 45.8 Å². The fourth-order valence-electron chi connectivity index (χ4n) is 2.82. The molecule has 0 bridgehead atoms. The van der Waals surface area contributed by atoms with Gasteiger partial charge in [0.05, 0.1) is 11.7 Å². The Kier molecular flexibility index (Phi) is 7.81. The fraction of sp³-hybridized carbons (Fsp3) is 0.682. The molecule has 9 nitrogen and oxygen atoms in total. The Bertz CT molecular complexity index is 910. The number of carbonyl (C=O) groups excluding carboxylic acids is 3. The van der Waals surface area contributed by atoms with Crippen LogP contribution in [0.1, 0.15) is 80.7 Å². The molecule has 0 fully saturated rings. The summed E-state index contributed by atoms with van der Waals surface area (Å²) in [6, 6.07) is 0. The number of rotatable bonds is 8. The summed E-state index contributed by atoms with van der Waals surface area (Å²) in [6.07, 6.45) is -1.97. The number of nitrogens with one attached hydrogen (secondary N) is 1. The molecule has 0 aliphatic carbocycles. The van der Waals surface area contributed by atoms with Gasteiger partial charge in [0.1, 0.15) is 17.0 Å². The van der Waals surface area contributed by atoms with E-state index in [0.29, 0.717) is 0 Å². The molecule has 1 aromatic carbocycles. The van der Waals surface area contributed by atoms with Crippen molar-refractivity contribution in [2.75, 3.05) is 0 Å². The Morgan fingerprint density at radius 3 is 1.84 bits per heavy atom. The van der Waals surface area contributed by atoms with Crippen LogP contribution in [0.2, 0.25) is 0 Å². The van der Waals surface area contributed by atoms with Gasteiger partial charge >= 0.3 is 12.1 Å². The van der Waals surface area contributed by atoms with Crippen molar-refractivity contribution in [3.05, 3.63) is 26.0 Å². The largest absolute Gasteiger partial charge is 0.486 e. The first-order valence-electron chi connectivity index (χ1n) is 10.1. The van der Waals surface area contributed by atoms with Gasteiger partial charge in [0.2, 0.25) is 5.43 Å². The second-order valence-corrected chi connectivity index (χ2v) is 9.77. The zero-order valence-electron chi connectivity index (χ0n) is 19.8. The molecule has 0 radical (unpaired) electrons. The maximum atomic E-state index is 13.4. The van der Waals surface area contributed by atoms with Crippen LogP contribution >= 0.6 is 0 Å². The van der Waals surface area contributed by atoms with Gasteiger partial charge in [-0.3, -0.25) is 9.59 Å². The summed E-state index contributed by atoms with van der Waals surface area (Å²) in [5.74, 6) is -1.61. The molecule has 0 saturated carbocycles. The Morgan fingerprint density at radius 2 is 1.42 bits per heavy atom. The zero-order chi connectivity index (χ0) is 24.4. The van der Waals surface area contributed by atoms with Crippen LogP contribution in [0.3, 0.4) is 0 Å². The first-order valence-corrected chi connectivity index (χ1v) is 10.1. The van der Waals surface area contributed by atoms with Crippen LogP contribution in [0.4, 0.5) is 4.79 Å². The highest BCUT2D eigenvalue weighted by Gasteiger charge is 2.52. The third kappa shape index (κ3) is 6.90. The van der Waals surface area contributed by atoms with Gasteiger partial charge in [-0.2, -0.15) is 0 Å². The van der Waals surface area contributed by atoms with Crippen molar-refractivity contribution in [1.82, 2.24) is 5.32 Å². The van der Waals surface area contributed by atoms with Crippen LogP contribution in [0, 0.1) is 0 Å². The molecule has 0 saturated heterocycles. The second kappa shape index (κ2) is 9.20. The van der Waals surface area contributed by atoms with E-state index in [1.165, 1.54) is 6.92 Å². The van der Waals surface area contributed by atoms with Crippen molar-refractivity contribution in [1.29, 1.82) is 0 Å². The summed E-state index contributed by atoms with van der Waals surface area (Å²) in [5, 5.41) is 2.42. The van der Waals surface area contributed by atoms with Crippen LogP contribution in [0.25, 0.3) is 0 Å². The predicted molar refractivity (Wildman–Crippen MR) is 114 cm³/mol. The summed E-state index contributed by atoms with van der Waals surface area (Å²) in [7, 11) is 0. The van der Waals surface area contributed by atoms with Gasteiger partial charge in [-0.1, -0.05) is 0 Å². The molecule has 1 unspecified atom stereocenters. The second-order valence-electron chi connectivity index (χ2n) is 9.77. The van der Waals surface area contributed by atoms with Gasteiger partial charge in [0.25, 0.3) is 5.43 Å². The third-order valence-corrected chi connectivity index (χ3v) is 3.96. The number of ketones is 1. The van der Waals surface area contributed by atoms with Crippen molar-refractivity contribution in [2.24, 2.45) is 0 Å². The average molecular weight is 440 g/mol. The van der Waals surface area contributed by atoms with Crippen LogP contribution in [-0.4, -0.2) is 35.2 Å². The highest BCUT2D eigenvalue weighted by molar-refractivity contribution is 5.90. The Labute approximate surface area is 182 Å². The van der Waals surface area contributed by atoms with Gasteiger partial charge < -0.3 is 24.3 Å². The highest BCUT2D eigenvalue weighted by atomic mass is 16.6. The van der Waals surface area contributed by atoms with Crippen molar-refractivity contribution >= 4 is 17.8 Å². The van der Waals surface area contributed by atoms with Gasteiger partial charge in [-0.05, 0) is 68.7 Å². The molecule has 0 aliphatic heterocycles. The number of hydrogen-bond acceptors (Lipinski definition) is 8. The summed E-state index contributed by atoms with van der Waals surface area (Å²) in [4.78, 5) is 62.6. The fourth-order valence-corrected chi connectivity index (χ4v) is 2.82. The number of hydrogen-bond donors (Lipinski definition) is 1. The van der Waals surface area contributed by atoms with Gasteiger partial charge in [0, 0.05) is 6.42 Å². The van der Waals surface area contributed by atoms with Gasteiger partial charge in [0.15, 0.2) is 11.3 Å². The quantitative estimate of drug-likeness (QED) is 0.484. The highest BCUT2D eigenvalue weighted by Crippen LogP contribution is 2.35. The van der Waals surface area contributed by atoms with E-state index in [0.717, 1.165) is 0 Å². The van der Waals surface area contributed by atoms with Crippen molar-refractivity contribution < 1.29 is 28.6 Å².